The van der Waals surface area contributed by atoms with Gasteiger partial charge in [-0.25, -0.2) is 0 Å². The van der Waals surface area contributed by atoms with Gasteiger partial charge in [-0.3, -0.25) is 4.79 Å². The molecule has 0 aromatic carbocycles. The number of Topliss-reactive ketones (excluding diaryl/α,β-unsaturated/α-hetero) is 1. The van der Waals surface area contributed by atoms with Crippen LogP contribution in [0.1, 0.15) is 11.3 Å². The minimum atomic E-state index is -0.533. The van der Waals surface area contributed by atoms with E-state index in [-0.39, 0.29) is 5.78 Å². The molecule has 1 heterocycles. The van der Waals surface area contributed by atoms with Gasteiger partial charge in [-0.05, 0) is 27.4 Å². The average molecular weight is 272 g/mol. The predicted molar refractivity (Wildman–Crippen MR) is 62.2 cm³/mol. The Balaban J connectivity index is 2.58. The molecule has 14 heavy (non-hydrogen) atoms. The van der Waals surface area contributed by atoms with Crippen molar-refractivity contribution in [2.24, 2.45) is 5.73 Å². The summed E-state index contributed by atoms with van der Waals surface area (Å²) in [6.07, 6.45) is 5.75. The third kappa shape index (κ3) is 2.95. The monoisotopic (exact) mass is 271 g/mol. The Kier molecular flexibility index (Phi) is 4.33. The van der Waals surface area contributed by atoms with E-state index in [1.807, 2.05) is 11.4 Å². The van der Waals surface area contributed by atoms with E-state index in [9.17, 15) is 4.79 Å². The number of hydrogen-bond acceptors (Lipinski definition) is 3. The molecule has 1 unspecified atom stereocenters. The van der Waals surface area contributed by atoms with E-state index in [1.165, 1.54) is 11.3 Å². The van der Waals surface area contributed by atoms with Crippen LogP contribution >= 0.6 is 27.3 Å². The van der Waals surface area contributed by atoms with Gasteiger partial charge in [0.2, 0.25) is 0 Å². The van der Waals surface area contributed by atoms with Gasteiger partial charge in [-0.1, -0.05) is 0 Å². The minimum absolute atomic E-state index is 0.00824. The highest BCUT2D eigenvalue weighted by Crippen LogP contribution is 2.23. The summed E-state index contributed by atoms with van der Waals surface area (Å²) < 4.78 is 0.962. The third-order valence-electron chi connectivity index (χ3n) is 1.78. The molecule has 1 aromatic heterocycles. The molecule has 0 radical (unpaired) electrons. The summed E-state index contributed by atoms with van der Waals surface area (Å²) in [5.74, 6) is 2.38. The molecule has 1 atom stereocenters. The van der Waals surface area contributed by atoms with Crippen LogP contribution in [-0.4, -0.2) is 11.8 Å². The van der Waals surface area contributed by atoms with Crippen molar-refractivity contribution in [3.63, 3.8) is 0 Å². The van der Waals surface area contributed by atoms with Gasteiger partial charge in [-0.2, -0.15) is 0 Å². The SMILES string of the molecule is C#CCC(N)C(=O)Cc1sccc1Br. The lowest BCUT2D eigenvalue weighted by Gasteiger charge is -2.05. The van der Waals surface area contributed by atoms with Gasteiger partial charge >= 0.3 is 0 Å². The summed E-state index contributed by atoms with van der Waals surface area (Å²) in [6.45, 7) is 0. The second-order valence-corrected chi connectivity index (χ2v) is 4.70. The van der Waals surface area contributed by atoms with Gasteiger partial charge in [-0.15, -0.1) is 23.7 Å². The van der Waals surface area contributed by atoms with Crippen molar-refractivity contribution >= 4 is 33.0 Å². The molecule has 0 amide bonds. The molecule has 1 aromatic rings. The van der Waals surface area contributed by atoms with Crippen molar-refractivity contribution in [1.29, 1.82) is 0 Å². The summed E-state index contributed by atoms with van der Waals surface area (Å²) in [4.78, 5) is 12.5. The van der Waals surface area contributed by atoms with Crippen LogP contribution in [0.25, 0.3) is 0 Å². The van der Waals surface area contributed by atoms with E-state index in [4.69, 9.17) is 12.2 Å². The number of hydrogen-bond donors (Lipinski definition) is 1. The quantitative estimate of drug-likeness (QED) is 0.851. The van der Waals surface area contributed by atoms with E-state index >= 15 is 0 Å². The smallest absolute Gasteiger partial charge is 0.155 e. The number of terminal acetylenes is 1. The van der Waals surface area contributed by atoms with Crippen LogP contribution in [0.2, 0.25) is 0 Å². The second kappa shape index (κ2) is 5.30. The maximum Gasteiger partial charge on any atom is 0.155 e. The van der Waals surface area contributed by atoms with Gasteiger partial charge in [0.1, 0.15) is 0 Å². The van der Waals surface area contributed by atoms with E-state index in [0.29, 0.717) is 12.8 Å². The van der Waals surface area contributed by atoms with Gasteiger partial charge in [0.25, 0.3) is 0 Å². The average Bonchev–Trinajstić information content (AvgIpc) is 2.52. The number of carbonyl (C=O) groups is 1. The van der Waals surface area contributed by atoms with Crippen LogP contribution in [0.3, 0.4) is 0 Å². The molecule has 74 valence electrons. The van der Waals surface area contributed by atoms with Crippen molar-refractivity contribution in [2.45, 2.75) is 18.9 Å². The van der Waals surface area contributed by atoms with E-state index in [0.717, 1.165) is 9.35 Å². The van der Waals surface area contributed by atoms with Crippen LogP contribution < -0.4 is 5.73 Å². The highest BCUT2D eigenvalue weighted by molar-refractivity contribution is 9.10. The van der Waals surface area contributed by atoms with Gasteiger partial charge in [0, 0.05) is 22.2 Å². The van der Waals surface area contributed by atoms with Gasteiger partial charge < -0.3 is 5.73 Å². The fraction of sp³-hybridized carbons (Fsp3) is 0.300. The van der Waals surface area contributed by atoms with Gasteiger partial charge in [0.05, 0.1) is 6.04 Å². The highest BCUT2D eigenvalue weighted by Gasteiger charge is 2.14. The van der Waals surface area contributed by atoms with Crippen LogP contribution in [0.15, 0.2) is 15.9 Å². The molecule has 1 rings (SSSR count). The first-order valence-corrected chi connectivity index (χ1v) is 5.76. The summed E-state index contributed by atoms with van der Waals surface area (Å²) in [5.41, 5.74) is 5.59. The molecule has 0 saturated heterocycles. The van der Waals surface area contributed by atoms with Crippen molar-refractivity contribution in [3.05, 3.63) is 20.8 Å². The molecule has 0 aliphatic carbocycles. The molecule has 0 bridgehead atoms. The fourth-order valence-corrected chi connectivity index (χ4v) is 2.48. The molecule has 0 aliphatic rings. The third-order valence-corrected chi connectivity index (χ3v) is 3.70. The minimum Gasteiger partial charge on any atom is -0.321 e. The zero-order valence-corrected chi connectivity index (χ0v) is 9.90. The molecule has 0 aliphatic heterocycles. The number of rotatable bonds is 4. The summed E-state index contributed by atoms with van der Waals surface area (Å²) >= 11 is 4.90. The van der Waals surface area contributed by atoms with E-state index in [2.05, 4.69) is 21.9 Å². The highest BCUT2D eigenvalue weighted by atomic mass is 79.9. The standard InChI is InChI=1S/C10H10BrNOS/c1-2-3-8(12)9(13)6-10-7(11)4-5-14-10/h1,4-5,8H,3,6,12H2. The molecule has 4 heteroatoms. The van der Waals surface area contributed by atoms with Crippen LogP contribution in [-0.2, 0) is 11.2 Å². The summed E-state index contributed by atoms with van der Waals surface area (Å²) in [7, 11) is 0. The lowest BCUT2D eigenvalue weighted by Crippen LogP contribution is -2.31. The predicted octanol–water partition coefficient (Wildman–Crippen LogP) is 1.97. The lowest BCUT2D eigenvalue weighted by atomic mass is 10.1. The maximum absolute atomic E-state index is 11.5. The first kappa shape index (κ1) is 11.4. The Morgan fingerprint density at radius 3 is 3.00 bits per heavy atom. The topological polar surface area (TPSA) is 43.1 Å². The van der Waals surface area contributed by atoms with Gasteiger partial charge in [0.15, 0.2) is 5.78 Å². The fourth-order valence-electron chi connectivity index (χ4n) is 0.981. The van der Waals surface area contributed by atoms with E-state index in [1.54, 1.807) is 0 Å². The Morgan fingerprint density at radius 2 is 2.50 bits per heavy atom. The summed E-state index contributed by atoms with van der Waals surface area (Å²) in [6, 6.07) is 1.38. The Hall–Kier alpha value is -0.630. The molecule has 0 saturated carbocycles. The largest absolute Gasteiger partial charge is 0.321 e. The Labute approximate surface area is 95.6 Å². The number of halogens is 1. The molecule has 0 fully saturated rings. The van der Waals surface area contributed by atoms with Crippen molar-refractivity contribution < 1.29 is 4.79 Å². The van der Waals surface area contributed by atoms with Crippen LogP contribution in [0.4, 0.5) is 0 Å². The second-order valence-electron chi connectivity index (χ2n) is 2.85. The number of thiophene rings is 1. The van der Waals surface area contributed by atoms with E-state index < -0.39 is 6.04 Å². The molecule has 0 spiro atoms. The zero-order valence-electron chi connectivity index (χ0n) is 7.50. The molecule has 2 N–H and O–H groups in total. The maximum atomic E-state index is 11.5. The van der Waals surface area contributed by atoms with Crippen molar-refractivity contribution in [1.82, 2.24) is 0 Å². The number of ketones is 1. The number of nitrogens with two attached hydrogens (primary N) is 1. The lowest BCUT2D eigenvalue weighted by molar-refractivity contribution is -0.119. The number of carbonyl (C=O) groups excluding carboxylic acids is 1. The molecular formula is C10H10BrNOS. The van der Waals surface area contributed by atoms with Crippen molar-refractivity contribution in [3.8, 4) is 12.3 Å². The molecule has 2 nitrogen and oxygen atoms in total. The Morgan fingerprint density at radius 1 is 1.79 bits per heavy atom. The normalized spacial score (nSPS) is 12.1. The first-order valence-electron chi connectivity index (χ1n) is 4.08. The zero-order chi connectivity index (χ0) is 10.6. The first-order chi connectivity index (χ1) is 6.65. The van der Waals surface area contributed by atoms with Crippen LogP contribution in [0, 0.1) is 12.3 Å². The Bertz CT molecular complexity index is 366. The molecular weight excluding hydrogens is 262 g/mol. The summed E-state index contributed by atoms with van der Waals surface area (Å²) in [5, 5.41) is 1.93. The van der Waals surface area contributed by atoms with Crippen LogP contribution in [0.5, 0.6) is 0 Å². The van der Waals surface area contributed by atoms with Crippen molar-refractivity contribution in [2.75, 3.05) is 0 Å².